The molecule has 1 N–H and O–H groups in total. The molecule has 3 nitrogen and oxygen atoms in total. The van der Waals surface area contributed by atoms with Gasteiger partial charge in [-0.25, -0.2) is 0 Å². The molecule has 1 fully saturated rings. The number of para-hydroxylation sites is 1. The molecule has 1 amide bonds. The van der Waals surface area contributed by atoms with Gasteiger partial charge in [-0.05, 0) is 31.4 Å². The molecule has 1 saturated carbocycles. The van der Waals surface area contributed by atoms with Crippen LogP contribution in [0, 0.1) is 0 Å². The molecule has 19 heavy (non-hydrogen) atoms. The fraction of sp³-hybridized carbons (Fsp3) is 0.562. The highest BCUT2D eigenvalue weighted by Gasteiger charge is 2.32. The predicted molar refractivity (Wildman–Crippen MR) is 77.1 cm³/mol. The Bertz CT molecular complexity index is 466. The topological polar surface area (TPSA) is 32.3 Å². The van der Waals surface area contributed by atoms with Crippen molar-refractivity contribution in [1.29, 1.82) is 0 Å². The Morgan fingerprint density at radius 1 is 1.16 bits per heavy atom. The Labute approximate surface area is 115 Å². The highest BCUT2D eigenvalue weighted by Crippen LogP contribution is 2.31. The third-order valence-corrected chi connectivity index (χ3v) is 4.40. The summed E-state index contributed by atoms with van der Waals surface area (Å²) in [5.41, 5.74) is 2.36. The van der Waals surface area contributed by atoms with Crippen molar-refractivity contribution in [3.05, 3.63) is 29.8 Å². The summed E-state index contributed by atoms with van der Waals surface area (Å²) >= 11 is 0. The lowest BCUT2D eigenvalue weighted by Gasteiger charge is -2.35. The standard InChI is InChI=1S/C16H22N2O/c1-12-16(19)18(14-8-3-2-4-9-14)15-10-6-5-7-13(15)11-17-12/h5-7,10,12,14,17H,2-4,8-9,11H2,1H3. The lowest BCUT2D eigenvalue weighted by Crippen LogP contribution is -2.48. The molecule has 1 aliphatic heterocycles. The second-order valence-electron chi connectivity index (χ2n) is 5.73. The number of benzene rings is 1. The van der Waals surface area contributed by atoms with Crippen molar-refractivity contribution < 1.29 is 4.79 Å². The zero-order valence-electron chi connectivity index (χ0n) is 11.6. The number of hydrogen-bond acceptors (Lipinski definition) is 2. The van der Waals surface area contributed by atoms with Crippen molar-refractivity contribution in [1.82, 2.24) is 5.32 Å². The van der Waals surface area contributed by atoms with E-state index in [1.165, 1.54) is 24.8 Å². The van der Waals surface area contributed by atoms with E-state index >= 15 is 0 Å². The molecule has 2 aliphatic rings. The van der Waals surface area contributed by atoms with E-state index in [0.717, 1.165) is 25.1 Å². The summed E-state index contributed by atoms with van der Waals surface area (Å²) in [5, 5.41) is 3.33. The molecule has 0 saturated heterocycles. The van der Waals surface area contributed by atoms with Crippen molar-refractivity contribution in [2.24, 2.45) is 0 Å². The van der Waals surface area contributed by atoms with Crippen LogP contribution < -0.4 is 10.2 Å². The van der Waals surface area contributed by atoms with Gasteiger partial charge in [0.1, 0.15) is 0 Å². The molecule has 0 bridgehead atoms. The molecule has 0 radical (unpaired) electrons. The van der Waals surface area contributed by atoms with Gasteiger partial charge in [0.15, 0.2) is 0 Å². The number of nitrogens with zero attached hydrogens (tertiary/aromatic N) is 1. The maximum absolute atomic E-state index is 12.7. The Morgan fingerprint density at radius 2 is 1.89 bits per heavy atom. The maximum atomic E-state index is 12.7. The molecule has 1 aromatic carbocycles. The zero-order chi connectivity index (χ0) is 13.2. The molecule has 1 atom stereocenters. The number of nitrogens with one attached hydrogen (secondary N) is 1. The first-order chi connectivity index (χ1) is 9.27. The number of carbonyl (C=O) groups is 1. The van der Waals surface area contributed by atoms with Crippen LogP contribution in [0.2, 0.25) is 0 Å². The summed E-state index contributed by atoms with van der Waals surface area (Å²) in [6.07, 6.45) is 6.10. The minimum absolute atomic E-state index is 0.0886. The van der Waals surface area contributed by atoms with E-state index in [1.54, 1.807) is 0 Å². The number of fused-ring (bicyclic) bond motifs is 1. The highest BCUT2D eigenvalue weighted by molar-refractivity contribution is 5.98. The first-order valence-electron chi connectivity index (χ1n) is 7.42. The molecule has 1 aliphatic carbocycles. The van der Waals surface area contributed by atoms with Gasteiger partial charge in [0.25, 0.3) is 0 Å². The Morgan fingerprint density at radius 3 is 2.68 bits per heavy atom. The van der Waals surface area contributed by atoms with Gasteiger partial charge in [0.05, 0.1) is 6.04 Å². The zero-order valence-corrected chi connectivity index (χ0v) is 11.6. The van der Waals surface area contributed by atoms with Gasteiger partial charge in [-0.3, -0.25) is 4.79 Å². The van der Waals surface area contributed by atoms with Crippen molar-refractivity contribution in [3.63, 3.8) is 0 Å². The molecule has 3 heteroatoms. The van der Waals surface area contributed by atoms with Crippen LogP contribution in [0.3, 0.4) is 0 Å². The summed E-state index contributed by atoms with van der Waals surface area (Å²) in [7, 11) is 0. The number of rotatable bonds is 1. The number of amides is 1. The second-order valence-corrected chi connectivity index (χ2v) is 5.73. The third kappa shape index (κ3) is 2.39. The highest BCUT2D eigenvalue weighted by atomic mass is 16.2. The lowest BCUT2D eigenvalue weighted by atomic mass is 9.93. The first-order valence-corrected chi connectivity index (χ1v) is 7.42. The van der Waals surface area contributed by atoms with Gasteiger partial charge in [0.2, 0.25) is 5.91 Å². The average Bonchev–Trinajstić information content (AvgIpc) is 2.58. The first kappa shape index (κ1) is 12.7. The number of carbonyl (C=O) groups excluding carboxylic acids is 1. The summed E-state index contributed by atoms with van der Waals surface area (Å²) < 4.78 is 0. The average molecular weight is 258 g/mol. The van der Waals surface area contributed by atoms with Crippen LogP contribution in [0.5, 0.6) is 0 Å². The van der Waals surface area contributed by atoms with E-state index in [4.69, 9.17) is 0 Å². The predicted octanol–water partition coefficient (Wildman–Crippen LogP) is 2.84. The molecule has 0 aromatic heterocycles. The molecular weight excluding hydrogens is 236 g/mol. The normalized spacial score (nSPS) is 25.0. The Hall–Kier alpha value is -1.35. The van der Waals surface area contributed by atoms with Crippen LogP contribution in [0.4, 0.5) is 5.69 Å². The molecule has 0 spiro atoms. The molecule has 3 rings (SSSR count). The van der Waals surface area contributed by atoms with E-state index in [2.05, 4.69) is 28.4 Å². The smallest absolute Gasteiger partial charge is 0.244 e. The van der Waals surface area contributed by atoms with E-state index in [0.29, 0.717) is 6.04 Å². The van der Waals surface area contributed by atoms with Crippen molar-refractivity contribution in [2.75, 3.05) is 4.90 Å². The van der Waals surface area contributed by atoms with Gasteiger partial charge in [-0.15, -0.1) is 0 Å². The van der Waals surface area contributed by atoms with Crippen molar-refractivity contribution in [2.45, 2.75) is 57.7 Å². The summed E-state index contributed by atoms with van der Waals surface area (Å²) in [5.74, 6) is 0.233. The minimum atomic E-state index is -0.0886. The monoisotopic (exact) mass is 258 g/mol. The Balaban J connectivity index is 1.99. The van der Waals surface area contributed by atoms with Crippen LogP contribution in [-0.4, -0.2) is 18.0 Å². The lowest BCUT2D eigenvalue weighted by molar-refractivity contribution is -0.120. The summed E-state index contributed by atoms with van der Waals surface area (Å²) in [4.78, 5) is 14.8. The van der Waals surface area contributed by atoms with Crippen molar-refractivity contribution >= 4 is 11.6 Å². The second kappa shape index (κ2) is 5.33. The molecule has 1 heterocycles. The van der Waals surface area contributed by atoms with Crippen LogP contribution in [0.1, 0.15) is 44.6 Å². The molecule has 1 aromatic rings. The van der Waals surface area contributed by atoms with Gasteiger partial charge >= 0.3 is 0 Å². The van der Waals surface area contributed by atoms with Gasteiger partial charge in [-0.2, -0.15) is 0 Å². The Kier molecular flexibility index (Phi) is 3.56. The van der Waals surface area contributed by atoms with Gasteiger partial charge in [0, 0.05) is 18.3 Å². The van der Waals surface area contributed by atoms with E-state index in [9.17, 15) is 4.79 Å². The molecular formula is C16H22N2O. The maximum Gasteiger partial charge on any atom is 0.244 e. The number of anilines is 1. The van der Waals surface area contributed by atoms with Crippen LogP contribution in [0.15, 0.2) is 24.3 Å². The quantitative estimate of drug-likeness (QED) is 0.840. The SMILES string of the molecule is CC1NCc2ccccc2N(C2CCCCC2)C1=O. The third-order valence-electron chi connectivity index (χ3n) is 4.40. The van der Waals surface area contributed by atoms with Crippen LogP contribution in [0.25, 0.3) is 0 Å². The molecule has 102 valence electrons. The number of hydrogen-bond donors (Lipinski definition) is 1. The van der Waals surface area contributed by atoms with Crippen LogP contribution >= 0.6 is 0 Å². The minimum Gasteiger partial charge on any atom is -0.308 e. The summed E-state index contributed by atoms with van der Waals surface area (Å²) in [6, 6.07) is 8.63. The van der Waals surface area contributed by atoms with E-state index in [1.807, 2.05) is 13.0 Å². The van der Waals surface area contributed by atoms with E-state index < -0.39 is 0 Å². The van der Waals surface area contributed by atoms with Crippen molar-refractivity contribution in [3.8, 4) is 0 Å². The summed E-state index contributed by atoms with van der Waals surface area (Å²) in [6.45, 7) is 2.76. The fourth-order valence-electron chi connectivity index (χ4n) is 3.29. The van der Waals surface area contributed by atoms with Gasteiger partial charge in [-0.1, -0.05) is 37.5 Å². The fourth-order valence-corrected chi connectivity index (χ4v) is 3.29. The molecule has 1 unspecified atom stereocenters. The van der Waals surface area contributed by atoms with Crippen LogP contribution in [-0.2, 0) is 11.3 Å². The van der Waals surface area contributed by atoms with Gasteiger partial charge < -0.3 is 10.2 Å². The largest absolute Gasteiger partial charge is 0.308 e. The van der Waals surface area contributed by atoms with E-state index in [-0.39, 0.29) is 11.9 Å².